The third kappa shape index (κ3) is 2.82. The summed E-state index contributed by atoms with van der Waals surface area (Å²) >= 11 is 0. The van der Waals surface area contributed by atoms with E-state index >= 15 is 0 Å². The van der Waals surface area contributed by atoms with Crippen LogP contribution in [0.4, 0.5) is 0 Å². The predicted octanol–water partition coefficient (Wildman–Crippen LogP) is -0.578. The van der Waals surface area contributed by atoms with Crippen molar-refractivity contribution in [3.05, 3.63) is 12.2 Å². The van der Waals surface area contributed by atoms with Gasteiger partial charge in [-0.15, -0.1) is 0 Å². The fourth-order valence-corrected chi connectivity index (χ4v) is 1.30. The minimum Gasteiger partial charge on any atom is -0.394 e. The Balaban J connectivity index is 2.31. The van der Waals surface area contributed by atoms with Crippen LogP contribution in [-0.4, -0.2) is 35.4 Å². The van der Waals surface area contributed by atoms with E-state index in [0.29, 0.717) is 0 Å². The molecule has 1 aliphatic rings. The molecule has 0 saturated carbocycles. The Hall–Kier alpha value is -0.870. The number of hydrogen-bond acceptors (Lipinski definition) is 3. The summed E-state index contributed by atoms with van der Waals surface area (Å²) in [6.07, 6.45) is 5.46. The number of aliphatic hydroxyl groups is 2. The van der Waals surface area contributed by atoms with Crippen LogP contribution in [0.3, 0.4) is 0 Å². The quantitative estimate of drug-likeness (QED) is 0.513. The first-order chi connectivity index (χ1) is 6.27. The van der Waals surface area contributed by atoms with Gasteiger partial charge < -0.3 is 15.5 Å². The zero-order valence-electron chi connectivity index (χ0n) is 7.44. The molecule has 0 aliphatic heterocycles. The highest BCUT2D eigenvalue weighted by Crippen LogP contribution is 2.17. The molecule has 0 radical (unpaired) electrons. The second-order valence-corrected chi connectivity index (χ2v) is 3.21. The Labute approximate surface area is 77.3 Å². The van der Waals surface area contributed by atoms with Crippen LogP contribution in [0, 0.1) is 5.92 Å². The van der Waals surface area contributed by atoms with E-state index in [1.807, 2.05) is 12.2 Å². The molecular formula is C9H15NO3. The highest BCUT2D eigenvalue weighted by Gasteiger charge is 2.21. The van der Waals surface area contributed by atoms with Gasteiger partial charge in [-0.05, 0) is 12.8 Å². The highest BCUT2D eigenvalue weighted by atomic mass is 16.3. The number of carbonyl (C=O) groups is 1. The molecule has 4 heteroatoms. The van der Waals surface area contributed by atoms with Crippen molar-refractivity contribution in [1.29, 1.82) is 0 Å². The molecule has 1 amide bonds. The second kappa shape index (κ2) is 4.99. The third-order valence-electron chi connectivity index (χ3n) is 2.17. The molecule has 0 atom stereocenters. The van der Waals surface area contributed by atoms with Crippen LogP contribution in [-0.2, 0) is 4.79 Å². The summed E-state index contributed by atoms with van der Waals surface area (Å²) in [4.78, 5) is 11.4. The van der Waals surface area contributed by atoms with Gasteiger partial charge in [0.1, 0.15) is 0 Å². The molecule has 0 heterocycles. The van der Waals surface area contributed by atoms with Gasteiger partial charge >= 0.3 is 0 Å². The minimum atomic E-state index is -0.520. The summed E-state index contributed by atoms with van der Waals surface area (Å²) in [6, 6.07) is -0.520. The van der Waals surface area contributed by atoms with Crippen LogP contribution in [0.15, 0.2) is 12.2 Å². The van der Waals surface area contributed by atoms with Crippen molar-refractivity contribution >= 4 is 5.91 Å². The standard InChI is InChI=1S/C9H15NO3/c11-5-8(6-12)10-9(13)7-3-1-2-4-7/h1-2,7-8,11-12H,3-6H2,(H,10,13). The summed E-state index contributed by atoms with van der Waals surface area (Å²) in [6.45, 7) is -0.440. The maximum absolute atomic E-state index is 11.4. The SMILES string of the molecule is O=C(NC(CO)CO)C1CC=CC1. The Morgan fingerprint density at radius 2 is 1.92 bits per heavy atom. The number of rotatable bonds is 4. The predicted molar refractivity (Wildman–Crippen MR) is 48.0 cm³/mol. The van der Waals surface area contributed by atoms with Crippen LogP contribution in [0.5, 0.6) is 0 Å². The lowest BCUT2D eigenvalue weighted by Crippen LogP contribution is -2.42. The number of hydrogen-bond donors (Lipinski definition) is 3. The summed E-state index contributed by atoms with van der Waals surface area (Å²) in [7, 11) is 0. The van der Waals surface area contributed by atoms with Crippen LogP contribution < -0.4 is 5.32 Å². The van der Waals surface area contributed by atoms with Crippen molar-refractivity contribution in [1.82, 2.24) is 5.32 Å². The van der Waals surface area contributed by atoms with E-state index in [-0.39, 0.29) is 25.0 Å². The van der Waals surface area contributed by atoms with Crippen molar-refractivity contribution < 1.29 is 15.0 Å². The van der Waals surface area contributed by atoms with Crippen molar-refractivity contribution in [2.45, 2.75) is 18.9 Å². The van der Waals surface area contributed by atoms with Gasteiger partial charge in [-0.25, -0.2) is 0 Å². The van der Waals surface area contributed by atoms with Gasteiger partial charge in [-0.3, -0.25) is 4.79 Å². The maximum Gasteiger partial charge on any atom is 0.224 e. The average Bonchev–Trinajstić information content (AvgIpc) is 2.66. The lowest BCUT2D eigenvalue weighted by molar-refractivity contribution is -0.126. The normalized spacial score (nSPS) is 16.8. The van der Waals surface area contributed by atoms with E-state index in [4.69, 9.17) is 10.2 Å². The Bertz CT molecular complexity index is 191. The van der Waals surface area contributed by atoms with E-state index in [1.165, 1.54) is 0 Å². The fourth-order valence-electron chi connectivity index (χ4n) is 1.30. The van der Waals surface area contributed by atoms with Gasteiger partial charge in [-0.2, -0.15) is 0 Å². The molecule has 0 spiro atoms. The molecule has 1 aliphatic carbocycles. The zero-order chi connectivity index (χ0) is 9.68. The van der Waals surface area contributed by atoms with E-state index in [1.54, 1.807) is 0 Å². The molecule has 74 valence electrons. The lowest BCUT2D eigenvalue weighted by Gasteiger charge is -2.16. The molecule has 0 aromatic rings. The third-order valence-corrected chi connectivity index (χ3v) is 2.17. The fraction of sp³-hybridized carbons (Fsp3) is 0.667. The molecule has 0 fully saturated rings. The Kier molecular flexibility index (Phi) is 3.92. The van der Waals surface area contributed by atoms with Crippen LogP contribution in [0.1, 0.15) is 12.8 Å². The summed E-state index contributed by atoms with van der Waals surface area (Å²) in [5.41, 5.74) is 0. The number of aliphatic hydroxyl groups excluding tert-OH is 2. The van der Waals surface area contributed by atoms with Gasteiger partial charge in [-0.1, -0.05) is 12.2 Å². The topological polar surface area (TPSA) is 69.6 Å². The lowest BCUT2D eigenvalue weighted by atomic mass is 10.1. The molecule has 0 saturated heterocycles. The molecular weight excluding hydrogens is 170 g/mol. The second-order valence-electron chi connectivity index (χ2n) is 3.21. The van der Waals surface area contributed by atoms with Gasteiger partial charge in [0, 0.05) is 5.92 Å². The molecule has 0 unspecified atom stereocenters. The largest absolute Gasteiger partial charge is 0.394 e. The molecule has 3 N–H and O–H groups in total. The Morgan fingerprint density at radius 3 is 2.38 bits per heavy atom. The van der Waals surface area contributed by atoms with Gasteiger partial charge in [0.2, 0.25) is 5.91 Å². The first-order valence-corrected chi connectivity index (χ1v) is 4.45. The van der Waals surface area contributed by atoms with E-state index in [0.717, 1.165) is 12.8 Å². The van der Waals surface area contributed by atoms with Gasteiger partial charge in [0.15, 0.2) is 0 Å². The van der Waals surface area contributed by atoms with Crippen molar-refractivity contribution in [2.75, 3.05) is 13.2 Å². The summed E-state index contributed by atoms with van der Waals surface area (Å²) in [5, 5.41) is 20.0. The van der Waals surface area contributed by atoms with Crippen LogP contribution >= 0.6 is 0 Å². The van der Waals surface area contributed by atoms with Crippen molar-refractivity contribution in [3.8, 4) is 0 Å². The van der Waals surface area contributed by atoms with E-state index in [2.05, 4.69) is 5.32 Å². The van der Waals surface area contributed by atoms with E-state index < -0.39 is 6.04 Å². The highest BCUT2D eigenvalue weighted by molar-refractivity contribution is 5.79. The molecule has 1 rings (SSSR count). The number of nitrogens with one attached hydrogen (secondary N) is 1. The van der Waals surface area contributed by atoms with Crippen molar-refractivity contribution in [2.24, 2.45) is 5.92 Å². The van der Waals surface area contributed by atoms with Gasteiger partial charge in [0.25, 0.3) is 0 Å². The van der Waals surface area contributed by atoms with Crippen LogP contribution in [0.25, 0.3) is 0 Å². The minimum absolute atomic E-state index is 0.0133. The smallest absolute Gasteiger partial charge is 0.224 e. The van der Waals surface area contributed by atoms with Gasteiger partial charge in [0.05, 0.1) is 19.3 Å². The van der Waals surface area contributed by atoms with E-state index in [9.17, 15) is 4.79 Å². The zero-order valence-corrected chi connectivity index (χ0v) is 7.44. The summed E-state index contributed by atoms with van der Waals surface area (Å²) in [5.74, 6) is -0.0984. The number of amides is 1. The molecule has 13 heavy (non-hydrogen) atoms. The monoisotopic (exact) mass is 185 g/mol. The first kappa shape index (κ1) is 10.2. The number of allylic oxidation sites excluding steroid dienone is 2. The molecule has 0 bridgehead atoms. The van der Waals surface area contributed by atoms with Crippen molar-refractivity contribution in [3.63, 3.8) is 0 Å². The first-order valence-electron chi connectivity index (χ1n) is 4.45. The maximum atomic E-state index is 11.4. The average molecular weight is 185 g/mol. The molecule has 4 nitrogen and oxygen atoms in total. The Morgan fingerprint density at radius 1 is 1.38 bits per heavy atom. The molecule has 0 aromatic heterocycles. The number of carbonyl (C=O) groups excluding carboxylic acids is 1. The molecule has 0 aromatic carbocycles. The van der Waals surface area contributed by atoms with Crippen LogP contribution in [0.2, 0.25) is 0 Å². The summed E-state index contributed by atoms with van der Waals surface area (Å²) < 4.78 is 0.